The fraction of sp³-hybridized carbons (Fsp3) is 1.00. The standard InChI is InChI=1S/C13H27NO2S/c1-5-6-11-7-8-12(14-4)13(9-11)17(15,16)10(2)3/h10-14H,5-9H2,1-4H3. The second kappa shape index (κ2) is 6.19. The number of hydrogen-bond donors (Lipinski definition) is 1. The normalized spacial score (nSPS) is 30.8. The molecule has 102 valence electrons. The molecule has 1 rings (SSSR count). The fourth-order valence-corrected chi connectivity index (χ4v) is 4.89. The summed E-state index contributed by atoms with van der Waals surface area (Å²) < 4.78 is 24.7. The smallest absolute Gasteiger partial charge is 0.157 e. The molecule has 1 aliphatic rings. The van der Waals surface area contributed by atoms with Crippen LogP contribution in [0.15, 0.2) is 0 Å². The molecule has 3 nitrogen and oxygen atoms in total. The molecule has 0 heterocycles. The van der Waals surface area contributed by atoms with Crippen LogP contribution < -0.4 is 5.32 Å². The highest BCUT2D eigenvalue weighted by Gasteiger charge is 2.39. The van der Waals surface area contributed by atoms with Crippen molar-refractivity contribution in [1.29, 1.82) is 0 Å². The maximum absolute atomic E-state index is 12.4. The summed E-state index contributed by atoms with van der Waals surface area (Å²) in [5, 5.41) is 2.76. The first-order chi connectivity index (χ1) is 7.93. The van der Waals surface area contributed by atoms with E-state index in [2.05, 4.69) is 12.2 Å². The highest BCUT2D eigenvalue weighted by molar-refractivity contribution is 7.92. The molecule has 17 heavy (non-hydrogen) atoms. The van der Waals surface area contributed by atoms with Gasteiger partial charge in [-0.2, -0.15) is 0 Å². The minimum absolute atomic E-state index is 0.149. The summed E-state index contributed by atoms with van der Waals surface area (Å²) in [4.78, 5) is 0. The molecule has 0 aromatic heterocycles. The molecule has 3 atom stereocenters. The van der Waals surface area contributed by atoms with Crippen molar-refractivity contribution in [3.8, 4) is 0 Å². The number of sulfone groups is 1. The van der Waals surface area contributed by atoms with Gasteiger partial charge in [-0.3, -0.25) is 0 Å². The van der Waals surface area contributed by atoms with Gasteiger partial charge in [-0.25, -0.2) is 8.42 Å². The molecule has 0 aliphatic heterocycles. The van der Waals surface area contributed by atoms with Gasteiger partial charge in [0.15, 0.2) is 9.84 Å². The summed E-state index contributed by atoms with van der Waals surface area (Å²) in [7, 11) is -1.09. The van der Waals surface area contributed by atoms with E-state index in [4.69, 9.17) is 0 Å². The largest absolute Gasteiger partial charge is 0.316 e. The van der Waals surface area contributed by atoms with Gasteiger partial charge in [0.1, 0.15) is 0 Å². The van der Waals surface area contributed by atoms with Gasteiger partial charge in [-0.1, -0.05) is 19.8 Å². The molecule has 1 fully saturated rings. The second-order valence-corrected chi connectivity index (χ2v) is 8.27. The van der Waals surface area contributed by atoms with Gasteiger partial charge in [-0.05, 0) is 46.1 Å². The van der Waals surface area contributed by atoms with Crippen molar-refractivity contribution in [2.45, 2.75) is 69.4 Å². The van der Waals surface area contributed by atoms with E-state index in [-0.39, 0.29) is 16.5 Å². The number of nitrogens with one attached hydrogen (secondary N) is 1. The van der Waals surface area contributed by atoms with Crippen LogP contribution in [0.1, 0.15) is 52.9 Å². The Kier molecular flexibility index (Phi) is 5.45. The quantitative estimate of drug-likeness (QED) is 0.826. The van der Waals surface area contributed by atoms with Crippen LogP contribution in [0.25, 0.3) is 0 Å². The fourth-order valence-electron chi connectivity index (χ4n) is 2.93. The lowest BCUT2D eigenvalue weighted by molar-refractivity contribution is 0.287. The molecule has 1 N–H and O–H groups in total. The zero-order valence-electron chi connectivity index (χ0n) is 11.6. The Morgan fingerprint density at radius 2 is 1.94 bits per heavy atom. The monoisotopic (exact) mass is 261 g/mol. The van der Waals surface area contributed by atoms with Crippen LogP contribution in [-0.2, 0) is 9.84 Å². The van der Waals surface area contributed by atoms with Gasteiger partial charge in [0.25, 0.3) is 0 Å². The predicted molar refractivity (Wildman–Crippen MR) is 72.9 cm³/mol. The Morgan fingerprint density at radius 1 is 1.29 bits per heavy atom. The molecular weight excluding hydrogens is 234 g/mol. The molecule has 0 radical (unpaired) electrons. The molecule has 0 bridgehead atoms. The lowest BCUT2D eigenvalue weighted by Gasteiger charge is -2.36. The van der Waals surface area contributed by atoms with E-state index in [9.17, 15) is 8.42 Å². The lowest BCUT2D eigenvalue weighted by Crippen LogP contribution is -2.48. The van der Waals surface area contributed by atoms with Crippen LogP contribution in [-0.4, -0.2) is 32.0 Å². The molecule has 3 unspecified atom stereocenters. The van der Waals surface area contributed by atoms with Gasteiger partial charge in [0, 0.05) is 6.04 Å². The lowest BCUT2D eigenvalue weighted by atomic mass is 9.83. The molecule has 0 spiro atoms. The molecule has 0 aromatic carbocycles. The molecule has 0 saturated heterocycles. The van der Waals surface area contributed by atoms with E-state index in [0.29, 0.717) is 5.92 Å². The first kappa shape index (κ1) is 15.0. The van der Waals surface area contributed by atoms with E-state index < -0.39 is 9.84 Å². The summed E-state index contributed by atoms with van der Waals surface area (Å²) in [5.74, 6) is 0.600. The molecule has 1 aliphatic carbocycles. The zero-order chi connectivity index (χ0) is 13.1. The Balaban J connectivity index is 2.83. The predicted octanol–water partition coefficient (Wildman–Crippen LogP) is 2.37. The summed E-state index contributed by atoms with van der Waals surface area (Å²) >= 11 is 0. The minimum atomic E-state index is -2.97. The van der Waals surface area contributed by atoms with Crippen molar-refractivity contribution in [2.24, 2.45) is 5.92 Å². The van der Waals surface area contributed by atoms with Crippen LogP contribution in [0.2, 0.25) is 0 Å². The second-order valence-electron chi connectivity index (χ2n) is 5.54. The number of rotatable bonds is 5. The first-order valence-electron chi connectivity index (χ1n) is 6.83. The first-order valence-corrected chi connectivity index (χ1v) is 8.44. The maximum Gasteiger partial charge on any atom is 0.157 e. The zero-order valence-corrected chi connectivity index (χ0v) is 12.4. The highest BCUT2D eigenvalue weighted by atomic mass is 32.2. The minimum Gasteiger partial charge on any atom is -0.316 e. The van der Waals surface area contributed by atoms with E-state index in [1.54, 1.807) is 13.8 Å². The number of hydrogen-bond acceptors (Lipinski definition) is 3. The van der Waals surface area contributed by atoms with Crippen molar-refractivity contribution in [1.82, 2.24) is 5.32 Å². The Bertz CT molecular complexity index is 324. The van der Waals surface area contributed by atoms with Gasteiger partial charge in [-0.15, -0.1) is 0 Å². The van der Waals surface area contributed by atoms with Crippen molar-refractivity contribution in [3.63, 3.8) is 0 Å². The molecule has 1 saturated carbocycles. The van der Waals surface area contributed by atoms with E-state index >= 15 is 0 Å². The van der Waals surface area contributed by atoms with Crippen LogP contribution in [0, 0.1) is 5.92 Å². The van der Waals surface area contributed by atoms with Crippen molar-refractivity contribution in [3.05, 3.63) is 0 Å². The van der Waals surface area contributed by atoms with Gasteiger partial charge in [0.05, 0.1) is 10.5 Å². The SMILES string of the molecule is CCCC1CCC(NC)C(S(=O)(=O)C(C)C)C1. The average Bonchev–Trinajstić information content (AvgIpc) is 2.29. The summed E-state index contributed by atoms with van der Waals surface area (Å²) in [6.07, 6.45) is 5.34. The third kappa shape index (κ3) is 3.44. The van der Waals surface area contributed by atoms with Crippen LogP contribution in [0.5, 0.6) is 0 Å². The Labute approximate surface area is 106 Å². The van der Waals surface area contributed by atoms with E-state index in [0.717, 1.165) is 19.3 Å². The molecule has 4 heteroatoms. The van der Waals surface area contributed by atoms with Crippen LogP contribution in [0.4, 0.5) is 0 Å². The summed E-state index contributed by atoms with van der Waals surface area (Å²) in [6.45, 7) is 5.77. The molecular formula is C13H27NO2S. The van der Waals surface area contributed by atoms with Crippen molar-refractivity contribution >= 4 is 9.84 Å². The Morgan fingerprint density at radius 3 is 2.41 bits per heavy atom. The average molecular weight is 261 g/mol. The van der Waals surface area contributed by atoms with Crippen molar-refractivity contribution in [2.75, 3.05) is 7.05 Å². The van der Waals surface area contributed by atoms with Crippen LogP contribution >= 0.6 is 0 Å². The van der Waals surface area contributed by atoms with Crippen molar-refractivity contribution < 1.29 is 8.42 Å². The maximum atomic E-state index is 12.4. The third-order valence-corrected chi connectivity index (χ3v) is 6.73. The van der Waals surface area contributed by atoms with E-state index in [1.807, 2.05) is 7.05 Å². The molecule has 0 amide bonds. The van der Waals surface area contributed by atoms with Gasteiger partial charge < -0.3 is 5.32 Å². The third-order valence-electron chi connectivity index (χ3n) is 4.05. The topological polar surface area (TPSA) is 46.2 Å². The molecule has 0 aromatic rings. The summed E-state index contributed by atoms with van der Waals surface area (Å²) in [6, 6.07) is 0.149. The van der Waals surface area contributed by atoms with Gasteiger partial charge >= 0.3 is 0 Å². The summed E-state index contributed by atoms with van der Waals surface area (Å²) in [5.41, 5.74) is 0. The Hall–Kier alpha value is -0.0900. The van der Waals surface area contributed by atoms with Crippen LogP contribution in [0.3, 0.4) is 0 Å². The highest BCUT2D eigenvalue weighted by Crippen LogP contribution is 2.33. The van der Waals surface area contributed by atoms with Gasteiger partial charge in [0.2, 0.25) is 0 Å². The van der Waals surface area contributed by atoms with E-state index in [1.165, 1.54) is 12.8 Å².